The van der Waals surface area contributed by atoms with Crippen LogP contribution in [0.5, 0.6) is 11.5 Å². The van der Waals surface area contributed by atoms with E-state index in [0.717, 1.165) is 5.56 Å². The van der Waals surface area contributed by atoms with Gasteiger partial charge in [0.2, 0.25) is 0 Å². The van der Waals surface area contributed by atoms with Crippen LogP contribution in [0.25, 0.3) is 0 Å². The average Bonchev–Trinajstić information content (AvgIpc) is 2.38. The van der Waals surface area contributed by atoms with Gasteiger partial charge in [0.25, 0.3) is 0 Å². The molecule has 17 heavy (non-hydrogen) atoms. The summed E-state index contributed by atoms with van der Waals surface area (Å²) in [5.74, 6) is 7.10. The standard InChI is InChI=1S/C14H18O3/c1-4-5-6-7-13(15)12-9-8-11(16-2)10-14(12)17-3/h8-10,13,15H,6-7H2,1-3H3. The van der Waals surface area contributed by atoms with Crippen molar-refractivity contribution in [3.8, 4) is 23.3 Å². The van der Waals surface area contributed by atoms with Crippen LogP contribution >= 0.6 is 0 Å². The summed E-state index contributed by atoms with van der Waals surface area (Å²) >= 11 is 0. The van der Waals surface area contributed by atoms with Gasteiger partial charge in [0.05, 0.1) is 20.3 Å². The first kappa shape index (κ1) is 13.4. The molecule has 0 saturated carbocycles. The second-order valence-electron chi connectivity index (χ2n) is 3.59. The highest BCUT2D eigenvalue weighted by Gasteiger charge is 2.13. The molecule has 0 amide bonds. The van der Waals surface area contributed by atoms with Gasteiger partial charge in [0, 0.05) is 18.1 Å². The van der Waals surface area contributed by atoms with E-state index in [1.54, 1.807) is 27.2 Å². The molecule has 0 aliphatic carbocycles. The van der Waals surface area contributed by atoms with E-state index >= 15 is 0 Å². The fourth-order valence-electron chi connectivity index (χ4n) is 1.58. The van der Waals surface area contributed by atoms with Gasteiger partial charge in [0.1, 0.15) is 11.5 Å². The Bertz CT molecular complexity index is 415. The van der Waals surface area contributed by atoms with Gasteiger partial charge < -0.3 is 14.6 Å². The van der Waals surface area contributed by atoms with E-state index < -0.39 is 6.10 Å². The van der Waals surface area contributed by atoms with E-state index in [0.29, 0.717) is 24.3 Å². The number of rotatable bonds is 5. The van der Waals surface area contributed by atoms with E-state index in [1.165, 1.54) is 0 Å². The summed E-state index contributed by atoms with van der Waals surface area (Å²) in [6.07, 6.45) is 0.716. The van der Waals surface area contributed by atoms with Crippen molar-refractivity contribution in [3.63, 3.8) is 0 Å². The maximum atomic E-state index is 10.0. The van der Waals surface area contributed by atoms with E-state index in [9.17, 15) is 5.11 Å². The molecule has 1 atom stereocenters. The number of benzene rings is 1. The molecule has 3 nitrogen and oxygen atoms in total. The number of aliphatic hydroxyl groups excluding tert-OH is 1. The molecule has 1 rings (SSSR count). The highest BCUT2D eigenvalue weighted by Crippen LogP contribution is 2.31. The van der Waals surface area contributed by atoms with Gasteiger partial charge in [-0.1, -0.05) is 0 Å². The van der Waals surface area contributed by atoms with Crippen molar-refractivity contribution in [2.45, 2.75) is 25.9 Å². The van der Waals surface area contributed by atoms with Crippen LogP contribution in [-0.2, 0) is 0 Å². The van der Waals surface area contributed by atoms with E-state index in [2.05, 4.69) is 11.8 Å². The summed E-state index contributed by atoms with van der Waals surface area (Å²) in [4.78, 5) is 0. The van der Waals surface area contributed by atoms with Crippen molar-refractivity contribution in [2.75, 3.05) is 14.2 Å². The Balaban J connectivity index is 2.83. The van der Waals surface area contributed by atoms with Crippen molar-refractivity contribution in [3.05, 3.63) is 23.8 Å². The van der Waals surface area contributed by atoms with E-state index in [-0.39, 0.29) is 0 Å². The first-order valence-electron chi connectivity index (χ1n) is 5.52. The fraction of sp³-hybridized carbons (Fsp3) is 0.429. The normalized spacial score (nSPS) is 11.3. The largest absolute Gasteiger partial charge is 0.497 e. The second-order valence-corrected chi connectivity index (χ2v) is 3.59. The molecule has 92 valence electrons. The van der Waals surface area contributed by atoms with Crippen LogP contribution in [0.15, 0.2) is 18.2 Å². The molecule has 0 radical (unpaired) electrons. The number of aliphatic hydroxyl groups is 1. The lowest BCUT2D eigenvalue weighted by Gasteiger charge is -2.14. The highest BCUT2D eigenvalue weighted by atomic mass is 16.5. The zero-order valence-electron chi connectivity index (χ0n) is 10.5. The average molecular weight is 234 g/mol. The van der Waals surface area contributed by atoms with Crippen LogP contribution in [0.1, 0.15) is 31.4 Å². The third-order valence-electron chi connectivity index (χ3n) is 2.52. The van der Waals surface area contributed by atoms with Gasteiger partial charge in [-0.05, 0) is 25.5 Å². The molecule has 1 aromatic rings. The summed E-state index contributed by atoms with van der Waals surface area (Å²) in [5, 5.41) is 10.0. The van der Waals surface area contributed by atoms with Gasteiger partial charge in [-0.2, -0.15) is 0 Å². The van der Waals surface area contributed by atoms with Crippen molar-refractivity contribution in [1.29, 1.82) is 0 Å². The molecular weight excluding hydrogens is 216 g/mol. The minimum absolute atomic E-state index is 0.559. The topological polar surface area (TPSA) is 38.7 Å². The van der Waals surface area contributed by atoms with Gasteiger partial charge in [-0.25, -0.2) is 0 Å². The van der Waals surface area contributed by atoms with Crippen LogP contribution < -0.4 is 9.47 Å². The van der Waals surface area contributed by atoms with E-state index in [1.807, 2.05) is 12.1 Å². The lowest BCUT2D eigenvalue weighted by molar-refractivity contribution is 0.165. The molecule has 0 bridgehead atoms. The molecule has 1 unspecified atom stereocenters. The predicted octanol–water partition coefficient (Wildman–Crippen LogP) is 2.54. The SMILES string of the molecule is CC#CCCC(O)c1ccc(OC)cc1OC. The lowest BCUT2D eigenvalue weighted by Crippen LogP contribution is -2.01. The quantitative estimate of drug-likeness (QED) is 0.796. The van der Waals surface area contributed by atoms with Gasteiger partial charge >= 0.3 is 0 Å². The second kappa shape index (κ2) is 6.82. The molecule has 1 N–H and O–H groups in total. The smallest absolute Gasteiger partial charge is 0.128 e. The zero-order chi connectivity index (χ0) is 12.7. The molecule has 0 fully saturated rings. The summed E-state index contributed by atoms with van der Waals surface area (Å²) in [6.45, 7) is 1.79. The Labute approximate surface area is 102 Å². The van der Waals surface area contributed by atoms with Crippen LogP contribution in [-0.4, -0.2) is 19.3 Å². The summed E-state index contributed by atoms with van der Waals surface area (Å²) in [6, 6.07) is 5.40. The monoisotopic (exact) mass is 234 g/mol. The summed E-state index contributed by atoms with van der Waals surface area (Å²) in [7, 11) is 3.18. The summed E-state index contributed by atoms with van der Waals surface area (Å²) < 4.78 is 10.3. The van der Waals surface area contributed by atoms with Gasteiger partial charge in [0.15, 0.2) is 0 Å². The first-order chi connectivity index (χ1) is 8.22. The molecule has 0 aliphatic heterocycles. The van der Waals surface area contributed by atoms with E-state index in [4.69, 9.17) is 9.47 Å². The van der Waals surface area contributed by atoms with Gasteiger partial charge in [-0.3, -0.25) is 0 Å². The zero-order valence-corrected chi connectivity index (χ0v) is 10.5. The fourth-order valence-corrected chi connectivity index (χ4v) is 1.58. The Kier molecular flexibility index (Phi) is 5.38. The highest BCUT2D eigenvalue weighted by molar-refractivity contribution is 5.41. The van der Waals surface area contributed by atoms with Crippen LogP contribution in [0.3, 0.4) is 0 Å². The number of ether oxygens (including phenoxy) is 2. The number of hydrogen-bond donors (Lipinski definition) is 1. The Morgan fingerprint density at radius 2 is 2.06 bits per heavy atom. The minimum atomic E-state index is -0.559. The van der Waals surface area contributed by atoms with Crippen molar-refractivity contribution < 1.29 is 14.6 Å². The molecule has 0 saturated heterocycles. The third-order valence-corrected chi connectivity index (χ3v) is 2.52. The molecule has 3 heteroatoms. The molecule has 1 aromatic carbocycles. The molecule has 0 heterocycles. The minimum Gasteiger partial charge on any atom is -0.497 e. The molecule has 0 spiro atoms. The maximum absolute atomic E-state index is 10.0. The van der Waals surface area contributed by atoms with Crippen LogP contribution in [0, 0.1) is 11.8 Å². The Morgan fingerprint density at radius 1 is 1.29 bits per heavy atom. The van der Waals surface area contributed by atoms with Crippen LogP contribution in [0.2, 0.25) is 0 Å². The Morgan fingerprint density at radius 3 is 2.65 bits per heavy atom. The number of hydrogen-bond acceptors (Lipinski definition) is 3. The van der Waals surface area contributed by atoms with Crippen molar-refractivity contribution in [2.24, 2.45) is 0 Å². The van der Waals surface area contributed by atoms with Crippen LogP contribution in [0.4, 0.5) is 0 Å². The summed E-state index contributed by atoms with van der Waals surface area (Å²) in [5.41, 5.74) is 0.770. The van der Waals surface area contributed by atoms with Gasteiger partial charge in [-0.15, -0.1) is 11.8 Å². The Hall–Kier alpha value is -1.66. The number of methoxy groups -OCH3 is 2. The molecule has 0 aliphatic rings. The van der Waals surface area contributed by atoms with Crippen molar-refractivity contribution >= 4 is 0 Å². The molecular formula is C14H18O3. The maximum Gasteiger partial charge on any atom is 0.128 e. The third kappa shape index (κ3) is 3.69. The van der Waals surface area contributed by atoms with Crippen molar-refractivity contribution in [1.82, 2.24) is 0 Å². The predicted molar refractivity (Wildman–Crippen MR) is 67.2 cm³/mol. The lowest BCUT2D eigenvalue weighted by atomic mass is 10.0. The first-order valence-corrected chi connectivity index (χ1v) is 5.52. The molecule has 0 aromatic heterocycles.